The zero-order valence-electron chi connectivity index (χ0n) is 9.43. The van der Waals surface area contributed by atoms with Crippen molar-refractivity contribution in [3.05, 3.63) is 41.9 Å². The zero-order valence-corrected chi connectivity index (χ0v) is 10.3. The lowest BCUT2D eigenvalue weighted by atomic mass is 10.2. The molecule has 92 valence electrons. The molecular weight excluding hydrogens is 239 g/mol. The van der Waals surface area contributed by atoms with Gasteiger partial charge in [-0.25, -0.2) is 4.39 Å². The number of rotatable bonds is 4. The molecule has 1 N–H and O–H groups in total. The third-order valence-corrected chi connectivity index (χ3v) is 3.65. The van der Waals surface area contributed by atoms with Gasteiger partial charge in [0.25, 0.3) is 0 Å². The summed E-state index contributed by atoms with van der Waals surface area (Å²) in [6, 6.07) is 6.57. The highest BCUT2D eigenvalue weighted by Crippen LogP contribution is 2.24. The van der Waals surface area contributed by atoms with E-state index in [1.165, 1.54) is 17.8 Å². The molecule has 2 nitrogen and oxygen atoms in total. The van der Waals surface area contributed by atoms with Gasteiger partial charge in [-0.05, 0) is 31.1 Å². The second-order valence-corrected chi connectivity index (χ2v) is 4.92. The summed E-state index contributed by atoms with van der Waals surface area (Å²) in [5.74, 6) is 0.788. The summed E-state index contributed by atoms with van der Waals surface area (Å²) in [4.78, 5) is 0.558. The molecule has 0 radical (unpaired) electrons. The smallest absolute Gasteiger partial charge is 0.136 e. The maximum Gasteiger partial charge on any atom is 0.136 e. The Morgan fingerprint density at radius 2 is 2.24 bits per heavy atom. The standard InChI is InChI=1S/C13H15FO2S/c14-10-5-1-2-7-13(10)17-9-11(15)12-6-3-4-8-16-12/h1-2,5-7,11,15H,3-4,8-9H2. The zero-order chi connectivity index (χ0) is 12.1. The molecule has 0 amide bonds. The molecule has 0 saturated carbocycles. The van der Waals surface area contributed by atoms with E-state index in [9.17, 15) is 9.50 Å². The first-order chi connectivity index (χ1) is 8.27. The summed E-state index contributed by atoms with van der Waals surface area (Å²) in [7, 11) is 0. The van der Waals surface area contributed by atoms with Crippen molar-refractivity contribution in [1.82, 2.24) is 0 Å². The molecule has 1 aliphatic heterocycles. The first-order valence-corrected chi connectivity index (χ1v) is 6.64. The summed E-state index contributed by atoms with van der Waals surface area (Å²) in [5, 5.41) is 9.89. The lowest BCUT2D eigenvalue weighted by Gasteiger charge is -2.19. The number of allylic oxidation sites excluding steroid dienone is 1. The number of hydrogen-bond acceptors (Lipinski definition) is 3. The first kappa shape index (κ1) is 12.5. The Labute approximate surface area is 104 Å². The third-order valence-electron chi connectivity index (χ3n) is 2.52. The molecule has 2 rings (SSSR count). The van der Waals surface area contributed by atoms with Gasteiger partial charge < -0.3 is 9.84 Å². The number of thioether (sulfide) groups is 1. The van der Waals surface area contributed by atoms with Gasteiger partial charge in [-0.1, -0.05) is 12.1 Å². The highest BCUT2D eigenvalue weighted by Gasteiger charge is 2.15. The summed E-state index contributed by atoms with van der Waals surface area (Å²) in [6.07, 6.45) is 3.20. The number of benzene rings is 1. The number of ether oxygens (including phenoxy) is 1. The molecule has 1 aromatic rings. The number of halogens is 1. The Morgan fingerprint density at radius 3 is 2.94 bits per heavy atom. The van der Waals surface area contributed by atoms with E-state index in [4.69, 9.17) is 4.74 Å². The van der Waals surface area contributed by atoms with Crippen LogP contribution < -0.4 is 0 Å². The maximum atomic E-state index is 13.3. The molecule has 0 bridgehead atoms. The van der Waals surface area contributed by atoms with E-state index in [2.05, 4.69) is 0 Å². The SMILES string of the molecule is OC(CSc1ccccc1F)C1=CCCCO1. The molecule has 17 heavy (non-hydrogen) atoms. The van der Waals surface area contributed by atoms with Gasteiger partial charge >= 0.3 is 0 Å². The Hall–Kier alpha value is -1.00. The fourth-order valence-electron chi connectivity index (χ4n) is 1.62. The minimum Gasteiger partial charge on any atom is -0.495 e. The minimum atomic E-state index is -0.653. The molecule has 0 saturated heterocycles. The van der Waals surface area contributed by atoms with Crippen LogP contribution in [0.25, 0.3) is 0 Å². The van der Waals surface area contributed by atoms with Crippen LogP contribution in [0.3, 0.4) is 0 Å². The van der Waals surface area contributed by atoms with Gasteiger partial charge in [-0.3, -0.25) is 0 Å². The van der Waals surface area contributed by atoms with Crippen LogP contribution >= 0.6 is 11.8 Å². The van der Waals surface area contributed by atoms with E-state index in [0.29, 0.717) is 23.0 Å². The lowest BCUT2D eigenvalue weighted by Crippen LogP contribution is -2.18. The average molecular weight is 254 g/mol. The molecule has 1 atom stereocenters. The monoisotopic (exact) mass is 254 g/mol. The molecule has 0 aliphatic carbocycles. The van der Waals surface area contributed by atoms with Crippen LogP contribution in [0.1, 0.15) is 12.8 Å². The predicted molar refractivity (Wildman–Crippen MR) is 66.4 cm³/mol. The molecule has 0 spiro atoms. The normalized spacial score (nSPS) is 17.2. The van der Waals surface area contributed by atoms with Crippen molar-refractivity contribution in [2.75, 3.05) is 12.4 Å². The molecule has 0 fully saturated rings. The number of aliphatic hydroxyl groups excluding tert-OH is 1. The van der Waals surface area contributed by atoms with Gasteiger partial charge in [0, 0.05) is 10.6 Å². The third kappa shape index (κ3) is 3.48. The minimum absolute atomic E-state index is 0.247. The van der Waals surface area contributed by atoms with Crippen molar-refractivity contribution in [2.45, 2.75) is 23.8 Å². The van der Waals surface area contributed by atoms with Crippen molar-refractivity contribution < 1.29 is 14.2 Å². The molecule has 1 heterocycles. The molecule has 4 heteroatoms. The summed E-state index contributed by atoms with van der Waals surface area (Å²) in [6.45, 7) is 0.660. The molecule has 1 aromatic carbocycles. The maximum absolute atomic E-state index is 13.3. The van der Waals surface area contributed by atoms with Crippen molar-refractivity contribution in [3.63, 3.8) is 0 Å². The molecular formula is C13H15FO2S. The fraction of sp³-hybridized carbons (Fsp3) is 0.385. The highest BCUT2D eigenvalue weighted by molar-refractivity contribution is 7.99. The van der Waals surface area contributed by atoms with Crippen LogP contribution in [0.5, 0.6) is 0 Å². The van der Waals surface area contributed by atoms with Crippen LogP contribution in [-0.2, 0) is 4.74 Å². The van der Waals surface area contributed by atoms with Gasteiger partial charge in [-0.2, -0.15) is 0 Å². The molecule has 1 unspecified atom stereocenters. The van der Waals surface area contributed by atoms with Gasteiger partial charge in [-0.15, -0.1) is 11.8 Å². The number of hydrogen-bond donors (Lipinski definition) is 1. The second kappa shape index (κ2) is 6.07. The van der Waals surface area contributed by atoms with Gasteiger partial charge in [0.2, 0.25) is 0 Å². The first-order valence-electron chi connectivity index (χ1n) is 5.65. The Morgan fingerprint density at radius 1 is 1.41 bits per heavy atom. The summed E-state index contributed by atoms with van der Waals surface area (Å²) >= 11 is 1.30. The Bertz CT molecular complexity index is 406. The van der Waals surface area contributed by atoms with Crippen LogP contribution in [0.4, 0.5) is 4.39 Å². The van der Waals surface area contributed by atoms with Crippen molar-refractivity contribution in [1.29, 1.82) is 0 Å². The largest absolute Gasteiger partial charge is 0.495 e. The fourth-order valence-corrected chi connectivity index (χ4v) is 2.50. The number of aliphatic hydroxyl groups is 1. The van der Waals surface area contributed by atoms with E-state index in [0.717, 1.165) is 12.8 Å². The van der Waals surface area contributed by atoms with Gasteiger partial charge in [0.15, 0.2) is 0 Å². The van der Waals surface area contributed by atoms with E-state index in [1.54, 1.807) is 18.2 Å². The van der Waals surface area contributed by atoms with Crippen LogP contribution in [-0.4, -0.2) is 23.6 Å². The van der Waals surface area contributed by atoms with Crippen molar-refractivity contribution in [2.24, 2.45) is 0 Å². The Kier molecular flexibility index (Phi) is 4.45. The summed E-state index contributed by atoms with van der Waals surface area (Å²) in [5.41, 5.74) is 0. The van der Waals surface area contributed by atoms with Gasteiger partial charge in [0.1, 0.15) is 17.7 Å². The van der Waals surface area contributed by atoms with Crippen molar-refractivity contribution in [3.8, 4) is 0 Å². The van der Waals surface area contributed by atoms with E-state index in [-0.39, 0.29) is 5.82 Å². The van der Waals surface area contributed by atoms with E-state index >= 15 is 0 Å². The molecule has 1 aliphatic rings. The van der Waals surface area contributed by atoms with E-state index in [1.807, 2.05) is 6.08 Å². The average Bonchev–Trinajstić information content (AvgIpc) is 2.38. The van der Waals surface area contributed by atoms with E-state index < -0.39 is 6.10 Å². The highest BCUT2D eigenvalue weighted by atomic mass is 32.2. The van der Waals surface area contributed by atoms with Crippen molar-refractivity contribution >= 4 is 11.8 Å². The van der Waals surface area contributed by atoms with Crippen LogP contribution in [0.15, 0.2) is 41.0 Å². The van der Waals surface area contributed by atoms with Crippen LogP contribution in [0.2, 0.25) is 0 Å². The summed E-state index contributed by atoms with van der Waals surface area (Å²) < 4.78 is 18.7. The molecule has 0 aromatic heterocycles. The topological polar surface area (TPSA) is 29.5 Å². The van der Waals surface area contributed by atoms with Gasteiger partial charge in [0.05, 0.1) is 6.61 Å². The Balaban J connectivity index is 1.89. The predicted octanol–water partition coefficient (Wildman–Crippen LogP) is 2.97. The quantitative estimate of drug-likeness (QED) is 0.838. The van der Waals surface area contributed by atoms with Crippen LogP contribution in [0, 0.1) is 5.82 Å². The second-order valence-electron chi connectivity index (χ2n) is 3.85. The lowest BCUT2D eigenvalue weighted by molar-refractivity contribution is 0.104.